The summed E-state index contributed by atoms with van der Waals surface area (Å²) in [4.78, 5) is 14.0. The fraction of sp³-hybridized carbons (Fsp3) is 0.381. The van der Waals surface area contributed by atoms with Gasteiger partial charge in [-0.05, 0) is 36.6 Å². The molecule has 28 heavy (non-hydrogen) atoms. The first-order valence-corrected chi connectivity index (χ1v) is 11.1. The number of carbonyl (C=O) groups is 1. The van der Waals surface area contributed by atoms with E-state index in [0.29, 0.717) is 37.6 Å². The number of amides is 1. The number of sulfonamides is 1. The smallest absolute Gasteiger partial charge is 0.279 e. The lowest BCUT2D eigenvalue weighted by Gasteiger charge is -2.31. The highest BCUT2D eigenvalue weighted by Gasteiger charge is 2.31. The van der Waals surface area contributed by atoms with Gasteiger partial charge in [-0.25, -0.2) is 8.42 Å². The van der Waals surface area contributed by atoms with Crippen LogP contribution < -0.4 is 10.2 Å². The molecule has 0 bridgehead atoms. The largest absolute Gasteiger partial charge is 0.325 e. The predicted molar refractivity (Wildman–Crippen MR) is 110 cm³/mol. The van der Waals surface area contributed by atoms with Gasteiger partial charge >= 0.3 is 0 Å². The van der Waals surface area contributed by atoms with Crippen LogP contribution in [0.2, 0.25) is 0 Å². The highest BCUT2D eigenvalue weighted by molar-refractivity contribution is 7.89. The van der Waals surface area contributed by atoms with Crippen LogP contribution >= 0.6 is 0 Å². The van der Waals surface area contributed by atoms with E-state index in [1.807, 2.05) is 25.1 Å². The SMILES string of the molecule is CCc1cccc(C)c1NC(=O)C[NH+]1CCN(S(=O)(=O)c2ccccc2)CC1. The molecule has 2 aromatic rings. The van der Waals surface area contributed by atoms with E-state index < -0.39 is 10.0 Å². The normalized spacial score (nSPS) is 16.1. The van der Waals surface area contributed by atoms with Crippen LogP contribution in [0, 0.1) is 6.92 Å². The summed E-state index contributed by atoms with van der Waals surface area (Å²) < 4.78 is 26.9. The number of piperazine rings is 1. The number of rotatable bonds is 6. The summed E-state index contributed by atoms with van der Waals surface area (Å²) in [5.41, 5.74) is 3.09. The Kier molecular flexibility index (Phi) is 6.49. The number of para-hydroxylation sites is 1. The van der Waals surface area contributed by atoms with Gasteiger partial charge in [-0.3, -0.25) is 4.79 Å². The molecule has 0 unspecified atom stereocenters. The molecule has 2 aromatic carbocycles. The maximum atomic E-state index is 12.7. The summed E-state index contributed by atoms with van der Waals surface area (Å²) in [6, 6.07) is 14.5. The molecule has 7 heteroatoms. The van der Waals surface area contributed by atoms with Crippen molar-refractivity contribution in [1.82, 2.24) is 4.31 Å². The van der Waals surface area contributed by atoms with Crippen LogP contribution in [0.4, 0.5) is 5.69 Å². The summed E-state index contributed by atoms with van der Waals surface area (Å²) in [5, 5.41) is 3.05. The van der Waals surface area contributed by atoms with E-state index in [-0.39, 0.29) is 5.91 Å². The van der Waals surface area contributed by atoms with Crippen molar-refractivity contribution >= 4 is 21.6 Å². The molecule has 0 radical (unpaired) electrons. The number of hydrogen-bond acceptors (Lipinski definition) is 3. The van der Waals surface area contributed by atoms with Crippen LogP contribution in [0.5, 0.6) is 0 Å². The summed E-state index contributed by atoms with van der Waals surface area (Å²) in [7, 11) is -3.46. The van der Waals surface area contributed by atoms with Crippen molar-refractivity contribution in [3.8, 4) is 0 Å². The minimum absolute atomic E-state index is 0.0293. The number of carbonyl (C=O) groups excluding carboxylic acids is 1. The van der Waals surface area contributed by atoms with Gasteiger partial charge in [-0.15, -0.1) is 0 Å². The molecule has 1 aliphatic heterocycles. The Morgan fingerprint density at radius 1 is 1.07 bits per heavy atom. The van der Waals surface area contributed by atoms with E-state index in [2.05, 4.69) is 12.2 Å². The lowest BCUT2D eigenvalue weighted by molar-refractivity contribution is -0.895. The van der Waals surface area contributed by atoms with Crippen LogP contribution in [0.15, 0.2) is 53.4 Å². The molecule has 6 nitrogen and oxygen atoms in total. The maximum Gasteiger partial charge on any atom is 0.279 e. The maximum absolute atomic E-state index is 12.7. The standard InChI is InChI=1S/C21H27N3O3S/c1-3-18-9-7-8-17(2)21(18)22-20(25)16-23-12-14-24(15-13-23)28(26,27)19-10-5-4-6-11-19/h4-11H,3,12-16H2,1-2H3,(H,22,25)/p+1. The van der Waals surface area contributed by atoms with Gasteiger partial charge in [-0.1, -0.05) is 43.3 Å². The van der Waals surface area contributed by atoms with Gasteiger partial charge in [0.15, 0.2) is 6.54 Å². The fourth-order valence-electron chi connectivity index (χ4n) is 3.57. The zero-order valence-electron chi connectivity index (χ0n) is 16.4. The molecule has 0 aliphatic carbocycles. The third-order valence-electron chi connectivity index (χ3n) is 5.23. The van der Waals surface area contributed by atoms with Gasteiger partial charge in [-0.2, -0.15) is 4.31 Å². The van der Waals surface area contributed by atoms with Crippen molar-refractivity contribution < 1.29 is 18.1 Å². The molecule has 1 amide bonds. The van der Waals surface area contributed by atoms with Crippen LogP contribution in [0.3, 0.4) is 0 Å². The molecule has 2 N–H and O–H groups in total. The predicted octanol–water partition coefficient (Wildman–Crippen LogP) is 1.09. The Bertz CT molecular complexity index is 921. The molecule has 1 saturated heterocycles. The molecule has 0 aromatic heterocycles. The molecule has 1 fully saturated rings. The number of anilines is 1. The number of hydrogen-bond donors (Lipinski definition) is 2. The zero-order valence-corrected chi connectivity index (χ0v) is 17.3. The first kappa shape index (κ1) is 20.5. The van der Waals surface area contributed by atoms with Gasteiger partial charge in [0, 0.05) is 5.69 Å². The second-order valence-corrected chi connectivity index (χ2v) is 9.09. The molecule has 1 heterocycles. The van der Waals surface area contributed by atoms with Gasteiger partial charge in [0.2, 0.25) is 10.0 Å². The average molecular weight is 403 g/mol. The lowest BCUT2D eigenvalue weighted by atomic mass is 10.1. The molecule has 1 aliphatic rings. The first-order valence-electron chi connectivity index (χ1n) is 9.69. The molecule has 3 rings (SSSR count). The van der Waals surface area contributed by atoms with Crippen LogP contribution in [0.25, 0.3) is 0 Å². The van der Waals surface area contributed by atoms with E-state index in [1.54, 1.807) is 30.3 Å². The fourth-order valence-corrected chi connectivity index (χ4v) is 5.04. The lowest BCUT2D eigenvalue weighted by Crippen LogP contribution is -3.15. The number of nitrogens with zero attached hydrogens (tertiary/aromatic N) is 1. The Morgan fingerprint density at radius 3 is 2.39 bits per heavy atom. The second-order valence-electron chi connectivity index (χ2n) is 7.15. The Balaban J connectivity index is 1.57. The van der Waals surface area contributed by atoms with E-state index in [0.717, 1.165) is 28.1 Å². The van der Waals surface area contributed by atoms with Crippen molar-refractivity contribution in [2.45, 2.75) is 25.2 Å². The highest BCUT2D eigenvalue weighted by Crippen LogP contribution is 2.20. The summed E-state index contributed by atoms with van der Waals surface area (Å²) >= 11 is 0. The Labute approximate surface area is 167 Å². The van der Waals surface area contributed by atoms with Crippen LogP contribution in [-0.4, -0.2) is 51.4 Å². The summed E-state index contributed by atoms with van der Waals surface area (Å²) in [5.74, 6) is -0.0293. The van der Waals surface area contributed by atoms with Gasteiger partial charge in [0.05, 0.1) is 31.1 Å². The van der Waals surface area contributed by atoms with Gasteiger partial charge in [0.1, 0.15) is 0 Å². The molecule has 150 valence electrons. The molecule has 0 spiro atoms. The third kappa shape index (κ3) is 4.60. The van der Waals surface area contributed by atoms with E-state index in [4.69, 9.17) is 0 Å². The second kappa shape index (κ2) is 8.86. The highest BCUT2D eigenvalue weighted by atomic mass is 32.2. The number of nitrogens with one attached hydrogen (secondary N) is 2. The van der Waals surface area contributed by atoms with Crippen molar-refractivity contribution in [2.75, 3.05) is 38.0 Å². The van der Waals surface area contributed by atoms with Crippen molar-refractivity contribution in [3.05, 3.63) is 59.7 Å². The number of benzene rings is 2. The molecular weight excluding hydrogens is 374 g/mol. The molecule has 0 atom stereocenters. The number of aryl methyl sites for hydroxylation is 2. The Hall–Kier alpha value is -2.22. The van der Waals surface area contributed by atoms with Crippen LogP contribution in [0.1, 0.15) is 18.1 Å². The van der Waals surface area contributed by atoms with Gasteiger partial charge < -0.3 is 10.2 Å². The zero-order chi connectivity index (χ0) is 20.1. The Morgan fingerprint density at radius 2 is 1.75 bits per heavy atom. The average Bonchev–Trinajstić information content (AvgIpc) is 2.70. The van der Waals surface area contributed by atoms with E-state index in [1.165, 1.54) is 4.31 Å². The van der Waals surface area contributed by atoms with Crippen molar-refractivity contribution in [2.24, 2.45) is 0 Å². The van der Waals surface area contributed by atoms with Crippen molar-refractivity contribution in [3.63, 3.8) is 0 Å². The monoisotopic (exact) mass is 402 g/mol. The topological polar surface area (TPSA) is 70.9 Å². The molecular formula is C21H28N3O3S+. The van der Waals surface area contributed by atoms with E-state index in [9.17, 15) is 13.2 Å². The van der Waals surface area contributed by atoms with Gasteiger partial charge in [0.25, 0.3) is 5.91 Å². The molecule has 0 saturated carbocycles. The summed E-state index contributed by atoms with van der Waals surface area (Å²) in [6.07, 6.45) is 0.861. The van der Waals surface area contributed by atoms with Crippen LogP contribution in [-0.2, 0) is 21.2 Å². The first-order chi connectivity index (χ1) is 13.4. The van der Waals surface area contributed by atoms with Crippen molar-refractivity contribution in [1.29, 1.82) is 0 Å². The summed E-state index contributed by atoms with van der Waals surface area (Å²) in [6.45, 7) is 6.49. The van der Waals surface area contributed by atoms with E-state index >= 15 is 0 Å². The quantitative estimate of drug-likeness (QED) is 0.760. The minimum atomic E-state index is -3.46. The minimum Gasteiger partial charge on any atom is -0.325 e. The third-order valence-corrected chi connectivity index (χ3v) is 7.14. The number of quaternary nitrogens is 1.